The fraction of sp³-hybridized carbons (Fsp3) is 0.318. The summed E-state index contributed by atoms with van der Waals surface area (Å²) in [4.78, 5) is 12.6. The normalized spacial score (nSPS) is 24.9. The molecule has 5 atom stereocenters. The Bertz CT molecular complexity index is 1300. The van der Waals surface area contributed by atoms with Crippen molar-refractivity contribution in [3.63, 3.8) is 0 Å². The Hall–Kier alpha value is -3.55. The largest absolute Gasteiger partial charge is 0.507 e. The van der Waals surface area contributed by atoms with Gasteiger partial charge in [0, 0.05) is 17.2 Å². The van der Waals surface area contributed by atoms with E-state index in [4.69, 9.17) is 13.9 Å². The number of aromatic hydroxyl groups is 4. The Morgan fingerprint density at radius 1 is 0.941 bits per heavy atom. The minimum absolute atomic E-state index is 0.0229. The predicted molar refractivity (Wildman–Crippen MR) is 114 cm³/mol. The van der Waals surface area contributed by atoms with E-state index in [1.54, 1.807) is 0 Å². The summed E-state index contributed by atoms with van der Waals surface area (Å²) in [5, 5.41) is 79.6. The highest BCUT2D eigenvalue weighted by Crippen LogP contribution is 2.40. The molecule has 0 saturated carbocycles. The van der Waals surface area contributed by atoms with Gasteiger partial charge in [-0.2, -0.15) is 0 Å². The SMILES string of the molecule is Cc1c(O)cc2oc(-c3ccc(O[C@@H]4O[C@H](CO)[C@@H](O)[C@H](O)[C@H]4O)c(O)c3)c(O)c(=O)c2c1O. The van der Waals surface area contributed by atoms with Gasteiger partial charge in [0.1, 0.15) is 46.9 Å². The zero-order valence-corrected chi connectivity index (χ0v) is 17.6. The monoisotopic (exact) mass is 478 g/mol. The van der Waals surface area contributed by atoms with Crippen LogP contribution >= 0.6 is 0 Å². The van der Waals surface area contributed by atoms with Gasteiger partial charge < -0.3 is 54.7 Å². The molecule has 0 radical (unpaired) electrons. The predicted octanol–water partition coefficient (Wildman–Crippen LogP) is -0.230. The summed E-state index contributed by atoms with van der Waals surface area (Å²) in [5.41, 5.74) is -1.12. The summed E-state index contributed by atoms with van der Waals surface area (Å²) in [6.45, 7) is 0.710. The molecule has 0 bridgehead atoms. The Morgan fingerprint density at radius 2 is 1.65 bits per heavy atom. The number of rotatable bonds is 4. The molecule has 2 heterocycles. The van der Waals surface area contributed by atoms with E-state index in [9.17, 15) is 45.6 Å². The summed E-state index contributed by atoms with van der Waals surface area (Å²) in [6, 6.07) is 4.65. The smallest absolute Gasteiger partial charge is 0.238 e. The molecule has 1 aliphatic heterocycles. The van der Waals surface area contributed by atoms with E-state index < -0.39 is 60.0 Å². The second-order valence-corrected chi connectivity index (χ2v) is 7.85. The number of phenols is 3. The molecule has 0 amide bonds. The average Bonchev–Trinajstić information content (AvgIpc) is 2.81. The van der Waals surface area contributed by atoms with Crippen LogP contribution in [0.5, 0.6) is 28.7 Å². The molecule has 2 aromatic carbocycles. The number of aliphatic hydroxyl groups excluding tert-OH is 4. The Balaban J connectivity index is 1.70. The minimum Gasteiger partial charge on any atom is -0.507 e. The van der Waals surface area contributed by atoms with Crippen molar-refractivity contribution in [1.29, 1.82) is 0 Å². The highest BCUT2D eigenvalue weighted by atomic mass is 16.7. The second kappa shape index (κ2) is 8.66. The van der Waals surface area contributed by atoms with Crippen molar-refractivity contribution in [3.05, 3.63) is 40.1 Å². The molecule has 3 aromatic rings. The van der Waals surface area contributed by atoms with Crippen LogP contribution in [0.3, 0.4) is 0 Å². The van der Waals surface area contributed by atoms with Crippen molar-refractivity contribution < 1.29 is 54.7 Å². The molecule has 1 aromatic heterocycles. The Labute approximate surface area is 190 Å². The first kappa shape index (κ1) is 23.6. The fourth-order valence-electron chi connectivity index (χ4n) is 3.65. The standard InChI is InChI=1S/C22H22O12/c1-7-9(24)5-12-14(15(7)26)17(28)19(30)21(32-12)8-2-3-11(10(25)4-8)33-22-20(31)18(29)16(27)13(6-23)34-22/h2-5,13,16,18,20,22-27,29-31H,6H2,1H3/t13-,16-,18+,20-,22-/m1/s1. The second-order valence-electron chi connectivity index (χ2n) is 7.85. The zero-order chi connectivity index (χ0) is 24.9. The van der Waals surface area contributed by atoms with E-state index in [1.165, 1.54) is 19.1 Å². The number of ether oxygens (including phenoxy) is 2. The van der Waals surface area contributed by atoms with Gasteiger partial charge >= 0.3 is 0 Å². The van der Waals surface area contributed by atoms with E-state index >= 15 is 0 Å². The topological polar surface area (TPSA) is 211 Å². The van der Waals surface area contributed by atoms with Crippen LogP contribution < -0.4 is 10.2 Å². The Kier molecular flexibility index (Phi) is 6.02. The third-order valence-corrected chi connectivity index (χ3v) is 5.67. The van der Waals surface area contributed by atoms with Crippen LogP contribution in [0, 0.1) is 6.92 Å². The van der Waals surface area contributed by atoms with E-state index in [0.717, 1.165) is 12.1 Å². The number of phenolic OH excluding ortho intramolecular Hbond substituents is 3. The van der Waals surface area contributed by atoms with Crippen molar-refractivity contribution in [2.45, 2.75) is 37.6 Å². The van der Waals surface area contributed by atoms with Crippen molar-refractivity contribution in [1.82, 2.24) is 0 Å². The molecule has 1 saturated heterocycles. The molecular weight excluding hydrogens is 456 g/mol. The zero-order valence-electron chi connectivity index (χ0n) is 17.6. The molecule has 1 fully saturated rings. The van der Waals surface area contributed by atoms with Crippen LogP contribution in [0.2, 0.25) is 0 Å². The lowest BCUT2D eigenvalue weighted by atomic mass is 9.99. The summed E-state index contributed by atoms with van der Waals surface area (Å²) in [5.74, 6) is -2.87. The van der Waals surface area contributed by atoms with Crippen molar-refractivity contribution in [2.24, 2.45) is 0 Å². The average molecular weight is 478 g/mol. The quantitative estimate of drug-likeness (QED) is 0.244. The number of hydrogen-bond donors (Lipinski definition) is 8. The third-order valence-electron chi connectivity index (χ3n) is 5.67. The molecule has 182 valence electrons. The van der Waals surface area contributed by atoms with E-state index in [0.29, 0.717) is 0 Å². The van der Waals surface area contributed by atoms with Crippen LogP contribution in [0.25, 0.3) is 22.3 Å². The first-order chi connectivity index (χ1) is 16.0. The third kappa shape index (κ3) is 3.77. The van der Waals surface area contributed by atoms with Gasteiger partial charge in [-0.1, -0.05) is 0 Å². The van der Waals surface area contributed by atoms with Gasteiger partial charge in [-0.3, -0.25) is 4.79 Å². The summed E-state index contributed by atoms with van der Waals surface area (Å²) in [6.07, 6.45) is -7.74. The van der Waals surface area contributed by atoms with Gasteiger partial charge in [0.2, 0.25) is 17.5 Å². The maximum absolute atomic E-state index is 12.6. The van der Waals surface area contributed by atoms with Gasteiger partial charge in [-0.25, -0.2) is 0 Å². The van der Waals surface area contributed by atoms with Crippen LogP contribution in [-0.4, -0.2) is 78.2 Å². The van der Waals surface area contributed by atoms with E-state index in [2.05, 4.69) is 0 Å². The molecule has 0 aliphatic carbocycles. The molecule has 34 heavy (non-hydrogen) atoms. The molecule has 0 spiro atoms. The lowest BCUT2D eigenvalue weighted by Gasteiger charge is -2.39. The van der Waals surface area contributed by atoms with Crippen molar-refractivity contribution in [3.8, 4) is 40.1 Å². The summed E-state index contributed by atoms with van der Waals surface area (Å²) < 4.78 is 16.1. The molecule has 12 nitrogen and oxygen atoms in total. The van der Waals surface area contributed by atoms with Crippen LogP contribution in [-0.2, 0) is 4.74 Å². The first-order valence-corrected chi connectivity index (χ1v) is 10.1. The fourth-order valence-corrected chi connectivity index (χ4v) is 3.65. The molecule has 4 rings (SSSR count). The molecule has 1 aliphatic rings. The number of benzene rings is 2. The molecule has 0 unspecified atom stereocenters. The van der Waals surface area contributed by atoms with Crippen molar-refractivity contribution in [2.75, 3.05) is 6.61 Å². The lowest BCUT2D eigenvalue weighted by Crippen LogP contribution is -2.60. The number of hydrogen-bond acceptors (Lipinski definition) is 12. The molecule has 12 heteroatoms. The van der Waals surface area contributed by atoms with Gasteiger partial charge in [0.05, 0.1) is 6.61 Å². The van der Waals surface area contributed by atoms with Crippen LogP contribution in [0.15, 0.2) is 33.5 Å². The van der Waals surface area contributed by atoms with Gasteiger partial charge in [0.15, 0.2) is 17.3 Å². The van der Waals surface area contributed by atoms with E-state index in [-0.39, 0.29) is 39.4 Å². The maximum Gasteiger partial charge on any atom is 0.238 e. The number of aliphatic hydroxyl groups is 4. The van der Waals surface area contributed by atoms with Gasteiger partial charge in [-0.15, -0.1) is 0 Å². The summed E-state index contributed by atoms with van der Waals surface area (Å²) >= 11 is 0. The molecular formula is C22H22O12. The maximum atomic E-state index is 12.6. The van der Waals surface area contributed by atoms with Crippen molar-refractivity contribution >= 4 is 11.0 Å². The van der Waals surface area contributed by atoms with E-state index in [1.807, 2.05) is 0 Å². The molecule has 8 N–H and O–H groups in total. The van der Waals surface area contributed by atoms with Gasteiger partial charge in [-0.05, 0) is 25.1 Å². The Morgan fingerprint density at radius 3 is 2.29 bits per heavy atom. The minimum atomic E-state index is -1.71. The summed E-state index contributed by atoms with van der Waals surface area (Å²) in [7, 11) is 0. The first-order valence-electron chi connectivity index (χ1n) is 10.1. The van der Waals surface area contributed by atoms with Gasteiger partial charge in [0.25, 0.3) is 0 Å². The van der Waals surface area contributed by atoms with Crippen LogP contribution in [0.4, 0.5) is 0 Å². The lowest BCUT2D eigenvalue weighted by molar-refractivity contribution is -0.277. The highest BCUT2D eigenvalue weighted by Gasteiger charge is 2.45. The number of fused-ring (bicyclic) bond motifs is 1. The highest BCUT2D eigenvalue weighted by molar-refractivity contribution is 5.89. The van der Waals surface area contributed by atoms with Crippen LogP contribution in [0.1, 0.15) is 5.56 Å².